The van der Waals surface area contributed by atoms with Crippen molar-refractivity contribution in [3.8, 4) is 0 Å². The van der Waals surface area contributed by atoms with Crippen LogP contribution in [-0.4, -0.2) is 12.6 Å². The second-order valence-corrected chi connectivity index (χ2v) is 4.69. The van der Waals surface area contributed by atoms with Crippen LogP contribution >= 0.6 is 0 Å². The van der Waals surface area contributed by atoms with Gasteiger partial charge in [0.25, 0.3) is 0 Å². The summed E-state index contributed by atoms with van der Waals surface area (Å²) in [6, 6.07) is 11.5. The molecule has 23 heavy (non-hydrogen) atoms. The van der Waals surface area contributed by atoms with Gasteiger partial charge in [-0.25, -0.2) is 0 Å². The number of alkyl halides is 3. The highest BCUT2D eigenvalue weighted by Crippen LogP contribution is 2.33. The summed E-state index contributed by atoms with van der Waals surface area (Å²) in [5, 5.41) is 2.59. The molecule has 0 saturated heterocycles. The van der Waals surface area contributed by atoms with E-state index in [1.54, 1.807) is 24.3 Å². The Bertz CT molecular complexity index is 766. The van der Waals surface area contributed by atoms with Crippen molar-refractivity contribution in [2.24, 2.45) is 0 Å². The van der Waals surface area contributed by atoms with Crippen molar-refractivity contribution in [1.29, 1.82) is 0 Å². The Kier molecular flexibility index (Phi) is 4.64. The minimum absolute atomic E-state index is 0.250. The smallest absolute Gasteiger partial charge is 0.317 e. The molecule has 0 aliphatic carbocycles. The molecule has 0 aliphatic heterocycles. The Balaban J connectivity index is 2.42. The molecule has 0 saturated carbocycles. The summed E-state index contributed by atoms with van der Waals surface area (Å²) < 4.78 is 39.8. The molecule has 0 aliphatic rings. The summed E-state index contributed by atoms with van der Waals surface area (Å²) in [6.45, 7) is 7.15. The lowest BCUT2D eigenvalue weighted by Crippen LogP contribution is -2.11. The molecule has 0 atom stereocenters. The maximum absolute atomic E-state index is 12.8. The normalized spacial score (nSPS) is 10.9. The molecular weight excluding hydrogens is 305 g/mol. The van der Waals surface area contributed by atoms with Gasteiger partial charge in [-0.05, 0) is 18.2 Å². The van der Waals surface area contributed by atoms with E-state index in [0.29, 0.717) is 11.4 Å². The lowest BCUT2D eigenvalue weighted by Gasteiger charge is -2.09. The van der Waals surface area contributed by atoms with E-state index in [-0.39, 0.29) is 5.69 Å². The van der Waals surface area contributed by atoms with Gasteiger partial charge < -0.3 is 5.32 Å². The predicted octanol–water partition coefficient (Wildman–Crippen LogP) is 4.37. The largest absolute Gasteiger partial charge is 0.416 e. The van der Waals surface area contributed by atoms with E-state index in [9.17, 15) is 18.0 Å². The van der Waals surface area contributed by atoms with E-state index in [1.165, 1.54) is 16.7 Å². The molecule has 2 aromatic carbocycles. The third kappa shape index (κ3) is 3.85. The van der Waals surface area contributed by atoms with Crippen molar-refractivity contribution in [2.45, 2.75) is 6.18 Å². The first kappa shape index (κ1) is 16.5. The van der Waals surface area contributed by atoms with Crippen molar-refractivity contribution in [3.05, 3.63) is 66.7 Å². The first-order valence-electron chi connectivity index (χ1n) is 6.63. The number of rotatable bonds is 4. The fourth-order valence-electron chi connectivity index (χ4n) is 1.99. The number of halogens is 3. The molecular formula is C17H14F3N2O+. The molecule has 3 nitrogen and oxygen atoms in total. The van der Waals surface area contributed by atoms with Gasteiger partial charge in [0.1, 0.15) is 12.4 Å². The highest BCUT2D eigenvalue weighted by Gasteiger charge is 2.31. The van der Waals surface area contributed by atoms with Crippen LogP contribution in [0.1, 0.15) is 5.56 Å². The van der Waals surface area contributed by atoms with Gasteiger partial charge in [0, 0.05) is 18.2 Å². The van der Waals surface area contributed by atoms with E-state index in [0.717, 1.165) is 18.2 Å². The van der Waals surface area contributed by atoms with Crippen molar-refractivity contribution in [2.75, 3.05) is 5.32 Å². The molecule has 0 bridgehead atoms. The maximum atomic E-state index is 12.8. The van der Waals surface area contributed by atoms with Gasteiger partial charge in [0.05, 0.1) is 5.56 Å². The number of carbonyl (C=O) groups is 1. The molecule has 0 aromatic heterocycles. The summed E-state index contributed by atoms with van der Waals surface area (Å²) in [5.74, 6) is -0.421. The van der Waals surface area contributed by atoms with Crippen LogP contribution in [0.15, 0.2) is 61.2 Å². The van der Waals surface area contributed by atoms with Gasteiger partial charge >= 0.3 is 6.18 Å². The van der Waals surface area contributed by atoms with Crippen molar-refractivity contribution in [1.82, 2.24) is 4.58 Å². The lowest BCUT2D eigenvalue weighted by atomic mass is 10.1. The Hall–Kier alpha value is -2.89. The van der Waals surface area contributed by atoms with Crippen LogP contribution in [0.3, 0.4) is 0 Å². The SMILES string of the molecule is C=CC(=O)Nc1ccccc1[N+](=C)c1cccc(C(F)(F)F)c1. The quantitative estimate of drug-likeness (QED) is 0.507. The Morgan fingerprint density at radius 1 is 1.13 bits per heavy atom. The minimum Gasteiger partial charge on any atom is -0.317 e. The van der Waals surface area contributed by atoms with Gasteiger partial charge in [-0.3, -0.25) is 4.79 Å². The van der Waals surface area contributed by atoms with Crippen LogP contribution < -0.4 is 9.89 Å². The fraction of sp³-hybridized carbons (Fsp3) is 0.0588. The van der Waals surface area contributed by atoms with Gasteiger partial charge in [-0.2, -0.15) is 17.7 Å². The van der Waals surface area contributed by atoms with Crippen LogP contribution in [0.25, 0.3) is 0 Å². The molecule has 0 heterocycles. The zero-order valence-corrected chi connectivity index (χ0v) is 12.1. The Morgan fingerprint density at radius 3 is 2.48 bits per heavy atom. The molecule has 0 radical (unpaired) electrons. The van der Waals surface area contributed by atoms with Crippen LogP contribution in [0.4, 0.5) is 30.2 Å². The first-order valence-corrected chi connectivity index (χ1v) is 6.63. The summed E-state index contributed by atoms with van der Waals surface area (Å²) in [6.07, 6.45) is -3.33. The summed E-state index contributed by atoms with van der Waals surface area (Å²) in [5.41, 5.74) is 0.364. The summed E-state index contributed by atoms with van der Waals surface area (Å²) in [7, 11) is 0. The molecule has 1 amide bonds. The minimum atomic E-state index is -4.44. The molecule has 2 aromatic rings. The fourth-order valence-corrected chi connectivity index (χ4v) is 1.99. The van der Waals surface area contributed by atoms with Gasteiger partial charge in [-0.15, -0.1) is 0 Å². The predicted molar refractivity (Wildman–Crippen MR) is 85.3 cm³/mol. The second kappa shape index (κ2) is 6.48. The number of carbonyl (C=O) groups excluding carboxylic acids is 1. The van der Waals surface area contributed by atoms with Crippen LogP contribution in [-0.2, 0) is 11.0 Å². The number of nitrogens with one attached hydrogen (secondary N) is 1. The number of hydrogen-bond acceptors (Lipinski definition) is 1. The van der Waals surface area contributed by atoms with Gasteiger partial charge in [-0.1, -0.05) is 24.8 Å². The summed E-state index contributed by atoms with van der Waals surface area (Å²) >= 11 is 0. The molecule has 0 fully saturated rings. The lowest BCUT2D eigenvalue weighted by molar-refractivity contribution is -0.137. The van der Waals surface area contributed by atoms with Crippen molar-refractivity contribution >= 4 is 29.7 Å². The van der Waals surface area contributed by atoms with Crippen LogP contribution in [0.5, 0.6) is 0 Å². The number of para-hydroxylation sites is 2. The highest BCUT2D eigenvalue weighted by molar-refractivity contribution is 6.01. The molecule has 0 unspecified atom stereocenters. The number of hydrogen-bond donors (Lipinski definition) is 1. The molecule has 118 valence electrons. The van der Waals surface area contributed by atoms with E-state index in [1.807, 2.05) is 0 Å². The number of amides is 1. The van der Waals surface area contributed by atoms with Gasteiger partial charge in [0.15, 0.2) is 0 Å². The average Bonchev–Trinajstić information content (AvgIpc) is 2.54. The van der Waals surface area contributed by atoms with E-state index < -0.39 is 17.6 Å². The van der Waals surface area contributed by atoms with Crippen molar-refractivity contribution < 1.29 is 18.0 Å². The highest BCUT2D eigenvalue weighted by atomic mass is 19.4. The topological polar surface area (TPSA) is 32.1 Å². The molecule has 1 N–H and O–H groups in total. The molecule has 2 rings (SSSR count). The standard InChI is InChI=1S/C17H13F3N2O/c1-3-16(23)21-14-9-4-5-10-15(14)22(2)13-8-6-7-12(11-13)17(18,19)20/h3-11H,1-2H2/p+1. The van der Waals surface area contributed by atoms with Crippen LogP contribution in [0.2, 0.25) is 0 Å². The summed E-state index contributed by atoms with van der Waals surface area (Å²) in [4.78, 5) is 11.5. The zero-order valence-electron chi connectivity index (χ0n) is 12.1. The molecule has 6 heteroatoms. The third-order valence-corrected chi connectivity index (χ3v) is 3.12. The monoisotopic (exact) mass is 319 g/mol. The first-order chi connectivity index (χ1) is 10.8. The van der Waals surface area contributed by atoms with E-state index in [2.05, 4.69) is 18.6 Å². The second-order valence-electron chi connectivity index (χ2n) is 4.69. The van der Waals surface area contributed by atoms with Crippen molar-refractivity contribution in [3.63, 3.8) is 0 Å². The van der Waals surface area contributed by atoms with E-state index in [4.69, 9.17) is 0 Å². The van der Waals surface area contributed by atoms with E-state index >= 15 is 0 Å². The number of anilines is 1. The Morgan fingerprint density at radius 2 is 1.83 bits per heavy atom. The Labute approximate surface area is 131 Å². The average molecular weight is 319 g/mol. The maximum Gasteiger partial charge on any atom is 0.416 e. The van der Waals surface area contributed by atoms with Crippen LogP contribution in [0, 0.1) is 0 Å². The zero-order chi connectivity index (χ0) is 17.0. The van der Waals surface area contributed by atoms with Gasteiger partial charge in [0.2, 0.25) is 17.3 Å². The molecule has 0 spiro atoms. The number of nitrogens with zero attached hydrogens (tertiary/aromatic N) is 1. The third-order valence-electron chi connectivity index (χ3n) is 3.12. The number of benzene rings is 2.